The molecule has 1 aromatic rings. The molecule has 0 heterocycles. The summed E-state index contributed by atoms with van der Waals surface area (Å²) in [5.41, 5.74) is 1.39. The molecular formula is C11H15BF3-. The van der Waals surface area contributed by atoms with Crippen molar-refractivity contribution in [1.82, 2.24) is 0 Å². The monoisotopic (exact) mass is 215 g/mol. The average Bonchev–Trinajstić information content (AvgIpc) is 2.00. The fourth-order valence-electron chi connectivity index (χ4n) is 1.41. The second-order valence-corrected chi connectivity index (χ2v) is 4.86. The molecule has 0 fully saturated rings. The molecule has 4 heteroatoms. The Morgan fingerprint density at radius 1 is 1.00 bits per heavy atom. The summed E-state index contributed by atoms with van der Waals surface area (Å²) in [5.74, 6) is 0. The van der Waals surface area contributed by atoms with Gasteiger partial charge in [0.2, 0.25) is 0 Å². The Kier molecular flexibility index (Phi) is 3.17. The number of hydrogen-bond acceptors (Lipinski definition) is 0. The highest BCUT2D eigenvalue weighted by Crippen LogP contribution is 2.23. The molecule has 0 saturated heterocycles. The Hall–Kier alpha value is -0.925. The van der Waals surface area contributed by atoms with Gasteiger partial charge in [-0.2, -0.15) is 0 Å². The van der Waals surface area contributed by atoms with Crippen LogP contribution in [0.25, 0.3) is 0 Å². The van der Waals surface area contributed by atoms with Crippen molar-refractivity contribution in [3.8, 4) is 0 Å². The van der Waals surface area contributed by atoms with E-state index in [9.17, 15) is 12.9 Å². The molecular weight excluding hydrogens is 200 g/mol. The summed E-state index contributed by atoms with van der Waals surface area (Å²) in [4.78, 5) is 0. The molecule has 0 amide bonds. The van der Waals surface area contributed by atoms with Crippen LogP contribution in [0.1, 0.15) is 31.9 Å². The van der Waals surface area contributed by atoms with Crippen LogP contribution in [-0.2, 0) is 11.7 Å². The maximum Gasteiger partial charge on any atom is 0.482 e. The molecule has 84 valence electrons. The molecule has 1 aromatic carbocycles. The molecule has 0 unspecified atom stereocenters. The SMILES string of the molecule is CC(C)(C)c1ccc(C[B-](F)(F)F)cc1. The number of rotatable bonds is 2. The van der Waals surface area contributed by atoms with Crippen molar-refractivity contribution < 1.29 is 12.9 Å². The maximum absolute atomic E-state index is 12.1. The number of benzene rings is 1. The summed E-state index contributed by atoms with van der Waals surface area (Å²) in [5, 5.41) is 0. The van der Waals surface area contributed by atoms with Gasteiger partial charge in [-0.15, -0.1) is 0 Å². The van der Waals surface area contributed by atoms with E-state index in [0.717, 1.165) is 5.56 Å². The quantitative estimate of drug-likeness (QED) is 0.656. The summed E-state index contributed by atoms with van der Waals surface area (Å²) in [6, 6.07) is 6.68. The third-order valence-corrected chi connectivity index (χ3v) is 2.29. The zero-order chi connectivity index (χ0) is 11.7. The predicted octanol–water partition coefficient (Wildman–Crippen LogP) is 3.91. The first-order valence-corrected chi connectivity index (χ1v) is 4.99. The summed E-state index contributed by atoms with van der Waals surface area (Å²) < 4.78 is 36.4. The van der Waals surface area contributed by atoms with Crippen LogP contribution < -0.4 is 0 Å². The van der Waals surface area contributed by atoms with Gasteiger partial charge < -0.3 is 12.9 Å². The van der Waals surface area contributed by atoms with Crippen molar-refractivity contribution in [3.05, 3.63) is 35.4 Å². The van der Waals surface area contributed by atoms with E-state index in [1.165, 1.54) is 0 Å². The Bertz CT molecular complexity index is 319. The summed E-state index contributed by atoms with van der Waals surface area (Å²) in [7, 11) is 0. The van der Waals surface area contributed by atoms with Crippen molar-refractivity contribution in [1.29, 1.82) is 0 Å². The van der Waals surface area contributed by atoms with Gasteiger partial charge >= 0.3 is 6.98 Å². The van der Waals surface area contributed by atoms with Crippen LogP contribution in [0.3, 0.4) is 0 Å². The Morgan fingerprint density at radius 2 is 1.47 bits per heavy atom. The van der Waals surface area contributed by atoms with Crippen molar-refractivity contribution in [3.63, 3.8) is 0 Å². The predicted molar refractivity (Wildman–Crippen MR) is 57.9 cm³/mol. The maximum atomic E-state index is 12.1. The van der Waals surface area contributed by atoms with Crippen molar-refractivity contribution in [2.75, 3.05) is 0 Å². The van der Waals surface area contributed by atoms with Gasteiger partial charge in [0.1, 0.15) is 0 Å². The van der Waals surface area contributed by atoms with Gasteiger partial charge in [-0.3, -0.25) is 0 Å². The molecule has 1 rings (SSSR count). The Balaban J connectivity index is 2.82. The van der Waals surface area contributed by atoms with Crippen LogP contribution in [-0.4, -0.2) is 6.98 Å². The van der Waals surface area contributed by atoms with E-state index in [-0.39, 0.29) is 5.41 Å². The molecule has 0 N–H and O–H groups in total. The molecule has 0 aromatic heterocycles. The zero-order valence-electron chi connectivity index (χ0n) is 9.23. The average molecular weight is 215 g/mol. The second kappa shape index (κ2) is 3.91. The minimum Gasteiger partial charge on any atom is -0.449 e. The highest BCUT2D eigenvalue weighted by atomic mass is 19.4. The lowest BCUT2D eigenvalue weighted by Gasteiger charge is -2.20. The lowest BCUT2D eigenvalue weighted by atomic mass is 9.80. The molecule has 0 bridgehead atoms. The molecule has 0 atom stereocenters. The van der Waals surface area contributed by atoms with Crippen molar-refractivity contribution in [2.45, 2.75) is 32.5 Å². The van der Waals surface area contributed by atoms with E-state index in [4.69, 9.17) is 0 Å². The standard InChI is InChI=1S/C11H15BF3/c1-11(2,3)10-6-4-9(5-7-10)8-12(13,14)15/h4-7H,8H2,1-3H3/q-1. The van der Waals surface area contributed by atoms with E-state index in [2.05, 4.69) is 0 Å². The highest BCUT2D eigenvalue weighted by molar-refractivity contribution is 6.57. The number of hydrogen-bond donors (Lipinski definition) is 0. The Labute approximate surface area is 88.6 Å². The van der Waals surface area contributed by atoms with Crippen LogP contribution in [0.2, 0.25) is 0 Å². The van der Waals surface area contributed by atoms with E-state index in [0.29, 0.717) is 5.56 Å². The smallest absolute Gasteiger partial charge is 0.449 e. The van der Waals surface area contributed by atoms with Gasteiger partial charge in [0.25, 0.3) is 0 Å². The van der Waals surface area contributed by atoms with E-state index in [1.807, 2.05) is 20.8 Å². The molecule has 0 aliphatic carbocycles. The van der Waals surface area contributed by atoms with Gasteiger partial charge in [-0.1, -0.05) is 56.9 Å². The molecule has 0 aliphatic heterocycles. The van der Waals surface area contributed by atoms with Gasteiger partial charge in [-0.05, 0) is 11.0 Å². The molecule has 0 nitrogen and oxygen atoms in total. The molecule has 0 saturated carbocycles. The van der Waals surface area contributed by atoms with Crippen LogP contribution in [0, 0.1) is 0 Å². The Morgan fingerprint density at radius 3 is 1.80 bits per heavy atom. The zero-order valence-corrected chi connectivity index (χ0v) is 9.23. The van der Waals surface area contributed by atoms with E-state index in [1.54, 1.807) is 24.3 Å². The minimum absolute atomic E-state index is 0.0120. The van der Waals surface area contributed by atoms with Crippen LogP contribution in [0.15, 0.2) is 24.3 Å². The van der Waals surface area contributed by atoms with Gasteiger partial charge in [0, 0.05) is 0 Å². The summed E-state index contributed by atoms with van der Waals surface area (Å²) in [6.45, 7) is 1.39. The van der Waals surface area contributed by atoms with Gasteiger partial charge in [-0.25, -0.2) is 0 Å². The van der Waals surface area contributed by atoms with Crippen molar-refractivity contribution >= 4 is 6.98 Å². The summed E-state index contributed by atoms with van der Waals surface area (Å²) in [6.07, 6.45) is -0.787. The van der Waals surface area contributed by atoms with Crippen LogP contribution in [0.4, 0.5) is 12.9 Å². The highest BCUT2D eigenvalue weighted by Gasteiger charge is 2.23. The fourth-order valence-corrected chi connectivity index (χ4v) is 1.41. The third-order valence-electron chi connectivity index (χ3n) is 2.29. The lowest BCUT2D eigenvalue weighted by Crippen LogP contribution is -2.19. The first kappa shape index (κ1) is 12.1. The van der Waals surface area contributed by atoms with Gasteiger partial charge in [0.15, 0.2) is 0 Å². The normalized spacial score (nSPS) is 12.9. The third kappa shape index (κ3) is 3.98. The first-order valence-electron chi connectivity index (χ1n) is 4.99. The summed E-state index contributed by atoms with van der Waals surface area (Å²) >= 11 is 0. The number of halogens is 3. The topological polar surface area (TPSA) is 0 Å². The lowest BCUT2D eigenvalue weighted by molar-refractivity contribution is 0.468. The van der Waals surface area contributed by atoms with Crippen molar-refractivity contribution in [2.24, 2.45) is 0 Å². The second-order valence-electron chi connectivity index (χ2n) is 4.86. The van der Waals surface area contributed by atoms with Crippen LogP contribution in [0.5, 0.6) is 0 Å². The molecule has 15 heavy (non-hydrogen) atoms. The molecule has 0 radical (unpaired) electrons. The molecule has 0 spiro atoms. The molecule has 0 aliphatic rings. The largest absolute Gasteiger partial charge is 0.482 e. The fraction of sp³-hybridized carbons (Fsp3) is 0.455. The minimum atomic E-state index is -4.72. The van der Waals surface area contributed by atoms with Gasteiger partial charge in [0.05, 0.1) is 0 Å². The first-order chi connectivity index (χ1) is 6.68. The van der Waals surface area contributed by atoms with E-state index >= 15 is 0 Å². The van der Waals surface area contributed by atoms with E-state index < -0.39 is 13.3 Å². The van der Waals surface area contributed by atoms with Crippen LogP contribution >= 0.6 is 0 Å².